The molecule has 0 bridgehead atoms. The van der Waals surface area contributed by atoms with Gasteiger partial charge in [-0.15, -0.1) is 0 Å². The second-order valence-corrected chi connectivity index (χ2v) is 15.1. The number of hydrogen-bond acceptors (Lipinski definition) is 5. The maximum Gasteiger partial charge on any atom is 0.326 e. The third-order valence-corrected chi connectivity index (χ3v) is 10.2. The lowest BCUT2D eigenvalue weighted by Crippen LogP contribution is -2.40. The van der Waals surface area contributed by atoms with Gasteiger partial charge in [0.2, 0.25) is 5.91 Å². The van der Waals surface area contributed by atoms with E-state index in [4.69, 9.17) is 10.5 Å². The van der Waals surface area contributed by atoms with E-state index in [1.165, 1.54) is 135 Å². The van der Waals surface area contributed by atoms with Crippen LogP contribution in [0.5, 0.6) is 0 Å². The van der Waals surface area contributed by atoms with E-state index in [9.17, 15) is 19.5 Å². The highest BCUT2D eigenvalue weighted by Gasteiger charge is 2.19. The van der Waals surface area contributed by atoms with E-state index in [1.54, 1.807) is 0 Å². The standard InChI is InChI=1S/C43H84N2O5/c1-3-5-7-8-9-10-11-12-13-14-15-16-17-18-19-20-21-22-23-24-25-26-31-37-42(47)50-39(33-28-6-4-2)34-29-27-30-36-41(46)45-40(43(48)49)35-32-38-44/h39-40H,3-38,44H2,1-2H3,(H,45,46)(H,48,49). The van der Waals surface area contributed by atoms with Crippen LogP contribution >= 0.6 is 0 Å². The Balaban J connectivity index is 3.74. The molecule has 0 aliphatic heterocycles. The number of carbonyl (C=O) groups excluding carboxylic acids is 2. The maximum atomic E-state index is 12.6. The molecule has 50 heavy (non-hydrogen) atoms. The summed E-state index contributed by atoms with van der Waals surface area (Å²) in [6.07, 6.45) is 40.6. The Labute approximate surface area is 309 Å². The van der Waals surface area contributed by atoms with Gasteiger partial charge in [-0.05, 0) is 57.9 Å². The first-order chi connectivity index (χ1) is 24.4. The minimum atomic E-state index is -1.01. The molecule has 296 valence electrons. The summed E-state index contributed by atoms with van der Waals surface area (Å²) < 4.78 is 5.90. The van der Waals surface area contributed by atoms with Gasteiger partial charge in [0, 0.05) is 12.8 Å². The molecule has 0 rings (SSSR count). The number of hydrogen-bond donors (Lipinski definition) is 3. The summed E-state index contributed by atoms with van der Waals surface area (Å²) in [5, 5.41) is 11.9. The van der Waals surface area contributed by atoms with Gasteiger partial charge in [0.05, 0.1) is 0 Å². The first kappa shape index (κ1) is 48.4. The fraction of sp³-hybridized carbons (Fsp3) is 0.930. The Hall–Kier alpha value is -1.63. The van der Waals surface area contributed by atoms with Crippen molar-refractivity contribution in [2.75, 3.05) is 6.54 Å². The van der Waals surface area contributed by atoms with Crippen LogP contribution in [-0.4, -0.2) is 41.6 Å². The van der Waals surface area contributed by atoms with Crippen molar-refractivity contribution in [3.63, 3.8) is 0 Å². The number of esters is 1. The molecule has 0 spiro atoms. The molecule has 0 radical (unpaired) electrons. The molecule has 0 aromatic heterocycles. The van der Waals surface area contributed by atoms with Crippen molar-refractivity contribution < 1.29 is 24.2 Å². The quantitative estimate of drug-likeness (QED) is 0.0430. The van der Waals surface area contributed by atoms with Crippen LogP contribution in [0.4, 0.5) is 0 Å². The van der Waals surface area contributed by atoms with E-state index < -0.39 is 12.0 Å². The first-order valence-corrected chi connectivity index (χ1v) is 21.9. The van der Waals surface area contributed by atoms with Gasteiger partial charge < -0.3 is 20.9 Å². The van der Waals surface area contributed by atoms with Crippen molar-refractivity contribution in [1.29, 1.82) is 0 Å². The largest absolute Gasteiger partial charge is 0.480 e. The van der Waals surface area contributed by atoms with E-state index >= 15 is 0 Å². The van der Waals surface area contributed by atoms with Gasteiger partial charge in [-0.2, -0.15) is 0 Å². The summed E-state index contributed by atoms with van der Waals surface area (Å²) in [6, 6.07) is -0.869. The highest BCUT2D eigenvalue weighted by molar-refractivity contribution is 5.83. The first-order valence-electron chi connectivity index (χ1n) is 21.9. The van der Waals surface area contributed by atoms with Crippen molar-refractivity contribution in [3.05, 3.63) is 0 Å². The van der Waals surface area contributed by atoms with Gasteiger partial charge in [-0.1, -0.05) is 174 Å². The monoisotopic (exact) mass is 709 g/mol. The van der Waals surface area contributed by atoms with Gasteiger partial charge >= 0.3 is 11.9 Å². The SMILES string of the molecule is CCCCCCCCCCCCCCCCCCCCCCCCCC(=O)OC(CCCCC)CCCCCC(=O)NC(CCCN)C(=O)O. The zero-order valence-corrected chi connectivity index (χ0v) is 33.3. The van der Waals surface area contributed by atoms with E-state index in [1.807, 2.05) is 0 Å². The van der Waals surface area contributed by atoms with Crippen LogP contribution in [0, 0.1) is 0 Å². The Morgan fingerprint density at radius 3 is 1.28 bits per heavy atom. The average molecular weight is 709 g/mol. The molecular weight excluding hydrogens is 624 g/mol. The Morgan fingerprint density at radius 2 is 0.860 bits per heavy atom. The van der Waals surface area contributed by atoms with Crippen molar-refractivity contribution in [2.24, 2.45) is 5.73 Å². The maximum absolute atomic E-state index is 12.6. The van der Waals surface area contributed by atoms with Crippen LogP contribution in [0.1, 0.15) is 239 Å². The Kier molecular flexibility index (Phi) is 37.3. The molecule has 2 atom stereocenters. The molecule has 1 amide bonds. The number of amides is 1. The number of nitrogens with two attached hydrogens (primary N) is 1. The summed E-state index contributed by atoms with van der Waals surface area (Å²) in [7, 11) is 0. The number of carboxylic acids is 1. The number of unbranched alkanes of at least 4 members (excludes halogenated alkanes) is 26. The van der Waals surface area contributed by atoms with Crippen molar-refractivity contribution >= 4 is 17.8 Å². The fourth-order valence-corrected chi connectivity index (χ4v) is 6.86. The van der Waals surface area contributed by atoms with E-state index in [0.717, 1.165) is 57.8 Å². The molecule has 7 nitrogen and oxygen atoms in total. The number of ether oxygens (including phenoxy) is 1. The molecule has 7 heteroatoms. The summed E-state index contributed by atoms with van der Waals surface area (Å²) in [6.45, 7) is 4.88. The molecule has 0 heterocycles. The molecule has 2 unspecified atom stereocenters. The van der Waals surface area contributed by atoms with Crippen LogP contribution in [-0.2, 0) is 19.1 Å². The lowest BCUT2D eigenvalue weighted by atomic mass is 10.0. The third kappa shape index (κ3) is 34.8. The van der Waals surface area contributed by atoms with Gasteiger partial charge in [-0.3, -0.25) is 9.59 Å². The Morgan fingerprint density at radius 1 is 0.500 bits per heavy atom. The third-order valence-electron chi connectivity index (χ3n) is 10.2. The molecule has 0 aromatic rings. The molecule has 0 fully saturated rings. The topological polar surface area (TPSA) is 119 Å². The predicted molar refractivity (Wildman–Crippen MR) is 211 cm³/mol. The smallest absolute Gasteiger partial charge is 0.326 e. The molecule has 0 aliphatic carbocycles. The summed E-state index contributed by atoms with van der Waals surface area (Å²) in [4.78, 5) is 36.1. The fourth-order valence-electron chi connectivity index (χ4n) is 6.86. The van der Waals surface area contributed by atoms with Crippen molar-refractivity contribution in [2.45, 2.75) is 251 Å². The average Bonchev–Trinajstić information content (AvgIpc) is 3.10. The number of carbonyl (C=O) groups is 3. The van der Waals surface area contributed by atoms with Gasteiger partial charge in [0.1, 0.15) is 12.1 Å². The summed E-state index contributed by atoms with van der Waals surface area (Å²) >= 11 is 0. The van der Waals surface area contributed by atoms with E-state index in [2.05, 4.69) is 19.2 Å². The van der Waals surface area contributed by atoms with Crippen molar-refractivity contribution in [3.8, 4) is 0 Å². The van der Waals surface area contributed by atoms with E-state index in [0.29, 0.717) is 38.6 Å². The minimum Gasteiger partial charge on any atom is -0.480 e. The highest BCUT2D eigenvalue weighted by Crippen LogP contribution is 2.18. The zero-order chi connectivity index (χ0) is 36.8. The molecule has 0 aliphatic rings. The summed E-state index contributed by atoms with van der Waals surface area (Å²) in [5.41, 5.74) is 5.47. The summed E-state index contributed by atoms with van der Waals surface area (Å²) in [5.74, 6) is -1.30. The van der Waals surface area contributed by atoms with Gasteiger partial charge in [0.25, 0.3) is 0 Å². The molecular formula is C43H84N2O5. The predicted octanol–water partition coefficient (Wildman–Crippen LogP) is 12.1. The minimum absolute atomic E-state index is 0.0416. The van der Waals surface area contributed by atoms with E-state index in [-0.39, 0.29) is 18.0 Å². The normalized spacial score (nSPS) is 12.5. The highest BCUT2D eigenvalue weighted by atomic mass is 16.5. The number of rotatable bonds is 40. The lowest BCUT2D eigenvalue weighted by molar-refractivity contribution is -0.150. The van der Waals surface area contributed by atoms with Crippen LogP contribution < -0.4 is 11.1 Å². The lowest BCUT2D eigenvalue weighted by Gasteiger charge is -2.18. The zero-order valence-electron chi connectivity index (χ0n) is 33.3. The number of carboxylic acid groups (broad SMARTS) is 1. The second-order valence-electron chi connectivity index (χ2n) is 15.1. The number of aliphatic carboxylic acids is 1. The van der Waals surface area contributed by atoms with Crippen LogP contribution in [0.3, 0.4) is 0 Å². The number of nitrogens with one attached hydrogen (secondary N) is 1. The molecule has 0 saturated heterocycles. The molecule has 0 saturated carbocycles. The van der Waals surface area contributed by atoms with Crippen molar-refractivity contribution in [1.82, 2.24) is 5.32 Å². The van der Waals surface area contributed by atoms with Crippen LogP contribution in [0.15, 0.2) is 0 Å². The van der Waals surface area contributed by atoms with Gasteiger partial charge in [-0.25, -0.2) is 4.79 Å². The Bertz CT molecular complexity index is 762. The van der Waals surface area contributed by atoms with Crippen LogP contribution in [0.2, 0.25) is 0 Å². The second kappa shape index (κ2) is 38.6. The van der Waals surface area contributed by atoms with Gasteiger partial charge in [0.15, 0.2) is 0 Å². The molecule has 0 aromatic carbocycles. The molecule has 4 N–H and O–H groups in total. The van der Waals surface area contributed by atoms with Crippen LogP contribution in [0.25, 0.3) is 0 Å².